The number of methoxy groups -OCH3 is 3. The fourth-order valence-corrected chi connectivity index (χ4v) is 6.48. The highest BCUT2D eigenvalue weighted by Gasteiger charge is 2.43. The van der Waals surface area contributed by atoms with E-state index in [-0.39, 0.29) is 0 Å². The van der Waals surface area contributed by atoms with E-state index in [0.29, 0.717) is 17.7 Å². The summed E-state index contributed by atoms with van der Waals surface area (Å²) in [4.78, 5) is 6.79. The molecule has 3 aliphatic heterocycles. The molecule has 0 bridgehead atoms. The first kappa shape index (κ1) is 19.9. The maximum absolute atomic E-state index is 5.55. The van der Waals surface area contributed by atoms with Gasteiger partial charge in [-0.1, -0.05) is 12.1 Å². The minimum Gasteiger partial charge on any atom is -0.493 e. The molecule has 2 unspecified atom stereocenters. The lowest BCUT2D eigenvalue weighted by molar-refractivity contribution is 0.185. The molecule has 160 valence electrons. The zero-order valence-corrected chi connectivity index (χ0v) is 18.8. The highest BCUT2D eigenvalue weighted by molar-refractivity contribution is 7.99. The Balaban J connectivity index is 1.40. The van der Waals surface area contributed by atoms with Gasteiger partial charge in [-0.3, -0.25) is 4.90 Å². The third kappa shape index (κ3) is 3.30. The van der Waals surface area contributed by atoms with Crippen LogP contribution >= 0.6 is 11.8 Å². The van der Waals surface area contributed by atoms with Crippen LogP contribution in [0.2, 0.25) is 0 Å². The van der Waals surface area contributed by atoms with Crippen LogP contribution in [-0.4, -0.2) is 57.7 Å². The lowest BCUT2D eigenvalue weighted by atomic mass is 9.89. The van der Waals surface area contributed by atoms with Crippen LogP contribution in [0.1, 0.15) is 29.9 Å². The molecule has 0 radical (unpaired) electrons. The van der Waals surface area contributed by atoms with E-state index in [1.807, 2.05) is 11.8 Å². The summed E-state index contributed by atoms with van der Waals surface area (Å²) in [5.41, 5.74) is 4.29. The molecule has 0 aromatic heterocycles. The summed E-state index contributed by atoms with van der Waals surface area (Å²) in [5.74, 6) is 3.93. The predicted octanol–water partition coefficient (Wildman–Crippen LogP) is 4.39. The van der Waals surface area contributed by atoms with Gasteiger partial charge in [0, 0.05) is 43.0 Å². The number of hydrogen-bond donors (Lipinski definition) is 0. The number of ether oxygens (including phenoxy) is 3. The summed E-state index contributed by atoms with van der Waals surface area (Å²) in [6, 6.07) is 11.7. The van der Waals surface area contributed by atoms with E-state index in [0.717, 1.165) is 31.1 Å². The molecule has 0 N–H and O–H groups in total. The van der Waals surface area contributed by atoms with Crippen molar-refractivity contribution >= 4 is 17.4 Å². The highest BCUT2D eigenvalue weighted by atomic mass is 32.2. The van der Waals surface area contributed by atoms with Gasteiger partial charge in [-0.15, -0.1) is 11.8 Å². The Morgan fingerprint density at radius 3 is 2.57 bits per heavy atom. The summed E-state index contributed by atoms with van der Waals surface area (Å²) in [5, 5.41) is 0. The second-order valence-electron chi connectivity index (χ2n) is 8.32. The van der Waals surface area contributed by atoms with Crippen molar-refractivity contribution in [2.24, 2.45) is 0 Å². The van der Waals surface area contributed by atoms with Gasteiger partial charge in [-0.2, -0.15) is 0 Å². The van der Waals surface area contributed by atoms with Crippen LogP contribution in [-0.2, 0) is 6.54 Å². The molecule has 5 rings (SSSR count). The summed E-state index contributed by atoms with van der Waals surface area (Å²) < 4.78 is 16.6. The van der Waals surface area contributed by atoms with Crippen LogP contribution in [0.15, 0.2) is 35.2 Å². The molecule has 2 atom stereocenters. The minimum absolute atomic E-state index is 0.592. The van der Waals surface area contributed by atoms with Crippen LogP contribution in [0, 0.1) is 0 Å². The van der Waals surface area contributed by atoms with Gasteiger partial charge in [0.15, 0.2) is 11.5 Å². The van der Waals surface area contributed by atoms with Crippen molar-refractivity contribution in [3.05, 3.63) is 41.5 Å². The largest absolute Gasteiger partial charge is 0.493 e. The minimum atomic E-state index is 0.592. The van der Waals surface area contributed by atoms with Crippen molar-refractivity contribution < 1.29 is 14.2 Å². The maximum atomic E-state index is 5.55. The molecular formula is C24H30N2O3S. The lowest BCUT2D eigenvalue weighted by Gasteiger charge is -2.39. The van der Waals surface area contributed by atoms with Crippen molar-refractivity contribution in [3.8, 4) is 17.2 Å². The van der Waals surface area contributed by atoms with Crippen molar-refractivity contribution in [1.29, 1.82) is 0 Å². The highest BCUT2D eigenvalue weighted by Crippen LogP contribution is 2.50. The van der Waals surface area contributed by atoms with Crippen LogP contribution in [0.3, 0.4) is 0 Å². The number of hydrogen-bond acceptors (Lipinski definition) is 6. The van der Waals surface area contributed by atoms with Crippen LogP contribution in [0.25, 0.3) is 0 Å². The van der Waals surface area contributed by atoms with E-state index >= 15 is 0 Å². The second-order valence-corrected chi connectivity index (χ2v) is 9.46. The number of rotatable bonds is 5. The standard InChI is InChI=1S/C24H30N2O3S/c1-27-20-12-16(13-21(28-2)24(20)29-3)14-25-10-8-19-18(15-25)17-6-4-7-22-23(17)26(19)9-5-11-30-22/h4,6-7,12-13,18-19H,5,8-11,14-15H2,1-3H3. The first-order valence-corrected chi connectivity index (χ1v) is 11.8. The molecule has 0 amide bonds. The van der Waals surface area contributed by atoms with E-state index in [2.05, 4.69) is 40.1 Å². The monoisotopic (exact) mass is 426 g/mol. The van der Waals surface area contributed by atoms with E-state index in [1.165, 1.54) is 41.3 Å². The first-order chi connectivity index (χ1) is 14.7. The van der Waals surface area contributed by atoms with Gasteiger partial charge in [-0.05, 0) is 47.9 Å². The topological polar surface area (TPSA) is 34.2 Å². The molecule has 2 aromatic carbocycles. The Morgan fingerprint density at radius 2 is 1.83 bits per heavy atom. The Bertz CT molecular complexity index is 910. The van der Waals surface area contributed by atoms with E-state index in [9.17, 15) is 0 Å². The average Bonchev–Trinajstić information content (AvgIpc) is 2.93. The number of likely N-dealkylation sites (tertiary alicyclic amines) is 1. The maximum Gasteiger partial charge on any atom is 0.203 e. The van der Waals surface area contributed by atoms with Crippen LogP contribution < -0.4 is 19.1 Å². The van der Waals surface area contributed by atoms with Crippen LogP contribution in [0.4, 0.5) is 5.69 Å². The summed E-state index contributed by atoms with van der Waals surface area (Å²) in [6.07, 6.45) is 2.49. The van der Waals surface area contributed by atoms with Crippen molar-refractivity contribution in [3.63, 3.8) is 0 Å². The molecule has 0 spiro atoms. The number of piperidine rings is 1. The predicted molar refractivity (Wildman–Crippen MR) is 122 cm³/mol. The van der Waals surface area contributed by atoms with Gasteiger partial charge >= 0.3 is 0 Å². The van der Waals surface area contributed by atoms with Gasteiger partial charge in [0.05, 0.1) is 27.0 Å². The number of benzene rings is 2. The third-order valence-corrected chi connectivity index (χ3v) is 7.84. The number of para-hydroxylation sites is 1. The molecule has 0 aliphatic carbocycles. The van der Waals surface area contributed by atoms with E-state index < -0.39 is 0 Å². The molecular weight excluding hydrogens is 396 g/mol. The van der Waals surface area contributed by atoms with Gasteiger partial charge in [0.2, 0.25) is 5.75 Å². The number of fused-ring (bicyclic) bond motifs is 3. The Kier molecular flexibility index (Phi) is 5.46. The summed E-state index contributed by atoms with van der Waals surface area (Å²) in [6.45, 7) is 4.30. The Hall–Kier alpha value is -2.05. The van der Waals surface area contributed by atoms with Gasteiger partial charge in [0.1, 0.15) is 0 Å². The van der Waals surface area contributed by atoms with Gasteiger partial charge < -0.3 is 19.1 Å². The van der Waals surface area contributed by atoms with Crippen molar-refractivity contribution in [2.75, 3.05) is 51.6 Å². The Labute approximate surface area is 183 Å². The number of nitrogens with zero attached hydrogens (tertiary/aromatic N) is 2. The zero-order chi connectivity index (χ0) is 20.7. The molecule has 2 aromatic rings. The van der Waals surface area contributed by atoms with E-state index in [4.69, 9.17) is 14.2 Å². The van der Waals surface area contributed by atoms with Crippen molar-refractivity contribution in [1.82, 2.24) is 4.90 Å². The first-order valence-electron chi connectivity index (χ1n) is 10.8. The van der Waals surface area contributed by atoms with Gasteiger partial charge in [-0.25, -0.2) is 0 Å². The van der Waals surface area contributed by atoms with Gasteiger partial charge in [0.25, 0.3) is 0 Å². The molecule has 30 heavy (non-hydrogen) atoms. The number of anilines is 1. The quantitative estimate of drug-likeness (QED) is 0.706. The molecule has 3 aliphatic rings. The second kappa shape index (κ2) is 8.23. The van der Waals surface area contributed by atoms with E-state index in [1.54, 1.807) is 26.9 Å². The summed E-state index contributed by atoms with van der Waals surface area (Å²) >= 11 is 2.03. The Morgan fingerprint density at radius 1 is 1.03 bits per heavy atom. The lowest BCUT2D eigenvalue weighted by Crippen LogP contribution is -2.46. The molecule has 0 saturated carbocycles. The fourth-order valence-electron chi connectivity index (χ4n) is 5.44. The fraction of sp³-hybridized carbons (Fsp3) is 0.500. The SMILES string of the molecule is COc1cc(CN2CCC3C(C2)c2cccc4c2N3CCCS4)cc(OC)c1OC. The average molecular weight is 427 g/mol. The normalized spacial score (nSPS) is 22.8. The third-order valence-electron chi connectivity index (χ3n) is 6.71. The molecule has 5 nitrogen and oxygen atoms in total. The van der Waals surface area contributed by atoms with Crippen LogP contribution in [0.5, 0.6) is 17.2 Å². The number of thioether (sulfide) groups is 1. The smallest absolute Gasteiger partial charge is 0.203 e. The zero-order valence-electron chi connectivity index (χ0n) is 18.0. The molecule has 1 fully saturated rings. The molecule has 6 heteroatoms. The molecule has 3 heterocycles. The summed E-state index contributed by atoms with van der Waals surface area (Å²) in [7, 11) is 5.00. The molecule has 1 saturated heterocycles. The van der Waals surface area contributed by atoms with Crippen molar-refractivity contribution in [2.45, 2.75) is 36.2 Å².